The minimum Gasteiger partial charge on any atom is -0.480 e. The van der Waals surface area contributed by atoms with Crippen LogP contribution in [-0.2, 0) is 25.6 Å². The van der Waals surface area contributed by atoms with E-state index in [0.717, 1.165) is 16.5 Å². The average molecular weight is 563 g/mol. The molecule has 1 aromatic carbocycles. The molecule has 0 aliphatic rings. The van der Waals surface area contributed by atoms with Crippen LogP contribution in [0.4, 0.5) is 0 Å². The lowest BCUT2D eigenvalue weighted by atomic mass is 10.0. The zero-order valence-corrected chi connectivity index (χ0v) is 22.9. The van der Waals surface area contributed by atoms with Crippen molar-refractivity contribution in [1.29, 1.82) is 0 Å². The van der Waals surface area contributed by atoms with E-state index in [2.05, 4.69) is 25.9 Å². The number of hydrogen-bond acceptors (Lipinski definition) is 7. The first-order chi connectivity index (χ1) is 18.5. The average Bonchev–Trinajstić information content (AvgIpc) is 3.30. The molecule has 39 heavy (non-hydrogen) atoms. The molecule has 3 amide bonds. The topological polar surface area (TPSA) is 231 Å². The van der Waals surface area contributed by atoms with E-state index in [9.17, 15) is 24.3 Å². The highest BCUT2D eigenvalue weighted by molar-refractivity contribution is 7.98. The SMILES string of the molecule is CSCCC(NC(=O)C(C)NC(=O)C(N)CCCN=C(N)N)C(=O)NC(Cc1c[nH]c2ccccc12)C(=O)O. The monoisotopic (exact) mass is 562 g/mol. The number of thioether (sulfide) groups is 1. The van der Waals surface area contributed by atoms with E-state index in [1.54, 1.807) is 6.20 Å². The van der Waals surface area contributed by atoms with Crippen LogP contribution in [0.5, 0.6) is 0 Å². The van der Waals surface area contributed by atoms with Gasteiger partial charge in [-0.25, -0.2) is 4.79 Å². The lowest BCUT2D eigenvalue weighted by Crippen LogP contribution is -2.56. The quantitative estimate of drug-likeness (QED) is 0.0740. The van der Waals surface area contributed by atoms with Gasteiger partial charge in [0.15, 0.2) is 5.96 Å². The fourth-order valence-electron chi connectivity index (χ4n) is 3.83. The smallest absolute Gasteiger partial charge is 0.326 e. The van der Waals surface area contributed by atoms with Crippen LogP contribution in [-0.4, -0.2) is 82.5 Å². The Morgan fingerprint density at radius 1 is 1.03 bits per heavy atom. The van der Waals surface area contributed by atoms with Crippen molar-refractivity contribution in [2.75, 3.05) is 18.6 Å². The molecule has 1 aromatic heterocycles. The molecule has 0 saturated heterocycles. The van der Waals surface area contributed by atoms with Crippen molar-refractivity contribution in [1.82, 2.24) is 20.9 Å². The second kappa shape index (κ2) is 15.6. The first kappa shape index (κ1) is 31.4. The minimum atomic E-state index is -1.21. The zero-order chi connectivity index (χ0) is 28.9. The van der Waals surface area contributed by atoms with Crippen molar-refractivity contribution in [3.05, 3.63) is 36.0 Å². The van der Waals surface area contributed by atoms with E-state index in [1.165, 1.54) is 18.7 Å². The van der Waals surface area contributed by atoms with Crippen molar-refractivity contribution < 1.29 is 24.3 Å². The largest absolute Gasteiger partial charge is 0.480 e. The molecule has 4 atom stereocenters. The molecule has 4 unspecified atom stereocenters. The summed E-state index contributed by atoms with van der Waals surface area (Å²) in [6.45, 7) is 1.79. The van der Waals surface area contributed by atoms with Crippen LogP contribution >= 0.6 is 11.8 Å². The predicted molar refractivity (Wildman–Crippen MR) is 152 cm³/mol. The van der Waals surface area contributed by atoms with Crippen LogP contribution in [0.3, 0.4) is 0 Å². The molecule has 0 aliphatic heterocycles. The number of fused-ring (bicyclic) bond motifs is 1. The number of H-pyrrole nitrogens is 1. The second-order valence-corrected chi connectivity index (χ2v) is 10.1. The highest BCUT2D eigenvalue weighted by Gasteiger charge is 2.29. The maximum Gasteiger partial charge on any atom is 0.326 e. The van der Waals surface area contributed by atoms with Crippen molar-refractivity contribution in [3.63, 3.8) is 0 Å². The summed E-state index contributed by atoms with van der Waals surface area (Å²) in [6.07, 6.45) is 4.68. The van der Waals surface area contributed by atoms with Gasteiger partial charge in [0, 0.05) is 30.1 Å². The Bertz CT molecular complexity index is 1170. The first-order valence-electron chi connectivity index (χ1n) is 12.5. The molecule has 1 heterocycles. The number of amides is 3. The molecular formula is C25H38N8O5S. The number of carbonyl (C=O) groups is 4. The fourth-order valence-corrected chi connectivity index (χ4v) is 4.30. The van der Waals surface area contributed by atoms with Gasteiger partial charge in [0.25, 0.3) is 0 Å². The van der Waals surface area contributed by atoms with Gasteiger partial charge in [-0.2, -0.15) is 11.8 Å². The number of hydrogen-bond donors (Lipinski definition) is 8. The van der Waals surface area contributed by atoms with E-state index in [-0.39, 0.29) is 18.8 Å². The Morgan fingerprint density at radius 3 is 2.38 bits per heavy atom. The fraction of sp³-hybridized carbons (Fsp3) is 0.480. The van der Waals surface area contributed by atoms with Crippen molar-refractivity contribution in [2.45, 2.75) is 56.8 Å². The van der Waals surface area contributed by atoms with Gasteiger partial charge in [-0.15, -0.1) is 0 Å². The van der Waals surface area contributed by atoms with Crippen LogP contribution in [0.15, 0.2) is 35.5 Å². The zero-order valence-electron chi connectivity index (χ0n) is 22.1. The highest BCUT2D eigenvalue weighted by atomic mass is 32.2. The van der Waals surface area contributed by atoms with Gasteiger partial charge in [-0.1, -0.05) is 18.2 Å². The van der Waals surface area contributed by atoms with Crippen LogP contribution in [0.25, 0.3) is 10.9 Å². The number of benzene rings is 1. The Kier molecular flexibility index (Phi) is 12.6. The Balaban J connectivity index is 1.99. The predicted octanol–water partition coefficient (Wildman–Crippen LogP) is -0.597. The number of nitrogens with one attached hydrogen (secondary N) is 4. The van der Waals surface area contributed by atoms with E-state index in [4.69, 9.17) is 17.2 Å². The number of nitrogens with two attached hydrogens (primary N) is 3. The van der Waals surface area contributed by atoms with Gasteiger partial charge in [0.2, 0.25) is 17.7 Å². The van der Waals surface area contributed by atoms with Gasteiger partial charge < -0.3 is 43.2 Å². The second-order valence-electron chi connectivity index (χ2n) is 9.09. The van der Waals surface area contributed by atoms with Gasteiger partial charge in [-0.05, 0) is 49.8 Å². The van der Waals surface area contributed by atoms with Gasteiger partial charge in [0.05, 0.1) is 6.04 Å². The maximum absolute atomic E-state index is 13.1. The molecule has 2 rings (SSSR count). The number of para-hydroxylation sites is 1. The Hall–Kier alpha value is -3.78. The third-order valence-electron chi connectivity index (χ3n) is 6.01. The number of aromatic amines is 1. The third-order valence-corrected chi connectivity index (χ3v) is 6.66. The standard InChI is InChI=1S/C25H38N8O5S/c1-14(31-22(35)17(26)7-5-10-29-25(27)28)21(34)32-19(9-11-39-2)23(36)33-20(24(37)38)12-15-13-30-18-8-4-3-6-16(15)18/h3-4,6,8,13-14,17,19-20,30H,5,7,9-12,26H2,1-2H3,(H,31,35)(H,32,34)(H,33,36)(H,37,38)(H4,27,28,29). The Labute approximate surface area is 231 Å². The summed E-state index contributed by atoms with van der Waals surface area (Å²) in [6, 6.07) is 3.40. The summed E-state index contributed by atoms with van der Waals surface area (Å²) in [5.74, 6) is -2.46. The van der Waals surface area contributed by atoms with Crippen molar-refractivity contribution >= 4 is 52.3 Å². The van der Waals surface area contributed by atoms with Gasteiger partial charge >= 0.3 is 5.97 Å². The summed E-state index contributed by atoms with van der Waals surface area (Å²) < 4.78 is 0. The summed E-state index contributed by atoms with van der Waals surface area (Å²) in [5.41, 5.74) is 18.0. The lowest BCUT2D eigenvalue weighted by molar-refractivity contribution is -0.142. The van der Waals surface area contributed by atoms with Crippen LogP contribution in [0, 0.1) is 0 Å². The molecule has 0 bridgehead atoms. The van der Waals surface area contributed by atoms with Crippen LogP contribution in [0.2, 0.25) is 0 Å². The number of carbonyl (C=O) groups excluding carboxylic acids is 3. The van der Waals surface area contributed by atoms with Crippen LogP contribution in [0.1, 0.15) is 31.7 Å². The number of guanidine groups is 1. The Morgan fingerprint density at radius 2 is 1.72 bits per heavy atom. The number of aromatic nitrogens is 1. The number of carboxylic acid groups (broad SMARTS) is 1. The number of aliphatic imine (C=N–C) groups is 1. The molecule has 14 heteroatoms. The molecule has 2 aromatic rings. The number of nitrogens with zero attached hydrogens (tertiary/aromatic N) is 1. The summed E-state index contributed by atoms with van der Waals surface area (Å²) in [4.78, 5) is 57.2. The van der Waals surface area contributed by atoms with E-state index >= 15 is 0 Å². The molecule has 0 spiro atoms. The number of carboxylic acids is 1. The first-order valence-corrected chi connectivity index (χ1v) is 13.9. The van der Waals surface area contributed by atoms with E-state index in [0.29, 0.717) is 25.1 Å². The maximum atomic E-state index is 13.1. The molecule has 0 radical (unpaired) electrons. The van der Waals surface area contributed by atoms with Gasteiger partial charge in [0.1, 0.15) is 18.1 Å². The molecular weight excluding hydrogens is 524 g/mol. The normalized spacial score (nSPS) is 14.0. The lowest BCUT2D eigenvalue weighted by Gasteiger charge is -2.23. The van der Waals surface area contributed by atoms with Crippen LogP contribution < -0.4 is 33.2 Å². The third kappa shape index (κ3) is 10.1. The molecule has 13 nitrogen and oxygen atoms in total. The molecule has 0 fully saturated rings. The van der Waals surface area contributed by atoms with E-state index in [1.807, 2.05) is 30.5 Å². The number of aliphatic carboxylic acids is 1. The summed E-state index contributed by atoms with van der Waals surface area (Å²) >= 11 is 1.48. The molecule has 0 saturated carbocycles. The van der Waals surface area contributed by atoms with Crippen molar-refractivity contribution in [2.24, 2.45) is 22.2 Å². The minimum absolute atomic E-state index is 0.0500. The molecule has 11 N–H and O–H groups in total. The summed E-state index contributed by atoms with van der Waals surface area (Å²) in [5, 5.41) is 18.4. The highest BCUT2D eigenvalue weighted by Crippen LogP contribution is 2.19. The molecule has 0 aliphatic carbocycles. The van der Waals surface area contributed by atoms with E-state index < -0.39 is 47.9 Å². The van der Waals surface area contributed by atoms with Crippen molar-refractivity contribution in [3.8, 4) is 0 Å². The molecule has 214 valence electrons. The summed E-state index contributed by atoms with van der Waals surface area (Å²) in [7, 11) is 0. The number of rotatable bonds is 16. The van der Waals surface area contributed by atoms with Gasteiger partial charge in [-0.3, -0.25) is 19.4 Å².